The van der Waals surface area contributed by atoms with Gasteiger partial charge < -0.3 is 35.3 Å². The van der Waals surface area contributed by atoms with Crippen LogP contribution in [0.25, 0.3) is 11.0 Å². The fourth-order valence-corrected chi connectivity index (χ4v) is 6.56. The summed E-state index contributed by atoms with van der Waals surface area (Å²) in [5, 5.41) is 8.97. The van der Waals surface area contributed by atoms with E-state index in [0.717, 1.165) is 11.1 Å². The van der Waals surface area contributed by atoms with Crippen LogP contribution in [-0.4, -0.2) is 84.0 Å². The summed E-state index contributed by atoms with van der Waals surface area (Å²) in [6.45, 7) is 4.29. The maximum Gasteiger partial charge on any atom is 0.326 e. The van der Waals surface area contributed by atoms with Crippen LogP contribution in [0.3, 0.4) is 0 Å². The van der Waals surface area contributed by atoms with Gasteiger partial charge in [0.25, 0.3) is 5.91 Å². The van der Waals surface area contributed by atoms with Gasteiger partial charge in [0.2, 0.25) is 17.7 Å². The Morgan fingerprint density at radius 3 is 2.44 bits per heavy atom. The number of nitrogens with one attached hydrogen (secondary N) is 4. The molecule has 52 heavy (non-hydrogen) atoms. The second kappa shape index (κ2) is 17.6. The largest absolute Gasteiger partial charge is 0.497 e. The summed E-state index contributed by atoms with van der Waals surface area (Å²) >= 11 is 0. The highest BCUT2D eigenvalue weighted by Crippen LogP contribution is 2.22. The number of nitrogens with zero attached hydrogens (tertiary/aromatic N) is 2. The fraction of sp³-hybridized carbons (Fsp3) is 0.410. The van der Waals surface area contributed by atoms with Crippen molar-refractivity contribution in [1.82, 2.24) is 30.4 Å². The molecule has 0 saturated carbocycles. The highest BCUT2D eigenvalue weighted by Gasteiger charge is 2.28. The highest BCUT2D eigenvalue weighted by atomic mass is 16.5. The number of carbonyl (C=O) groups is 4. The molecule has 2 bridgehead atoms. The molecule has 4 amide bonds. The van der Waals surface area contributed by atoms with Gasteiger partial charge in [0.05, 0.1) is 31.8 Å². The predicted molar refractivity (Wildman–Crippen MR) is 197 cm³/mol. The molecule has 13 nitrogen and oxygen atoms in total. The molecule has 2 atom stereocenters. The third-order valence-electron chi connectivity index (χ3n) is 9.17. The molecule has 4 N–H and O–H groups in total. The van der Waals surface area contributed by atoms with E-state index < -0.39 is 23.9 Å². The van der Waals surface area contributed by atoms with Crippen molar-refractivity contribution < 1.29 is 28.7 Å². The van der Waals surface area contributed by atoms with E-state index in [9.17, 15) is 24.0 Å². The molecule has 276 valence electrons. The predicted octanol–water partition coefficient (Wildman–Crippen LogP) is 3.20. The molecular weight excluding hydrogens is 664 g/mol. The monoisotopic (exact) mass is 712 g/mol. The number of aromatic amines is 1. The molecule has 1 aliphatic rings. The molecule has 0 fully saturated rings. The van der Waals surface area contributed by atoms with Crippen molar-refractivity contribution in [3.63, 3.8) is 0 Å². The molecule has 13 heteroatoms. The fourth-order valence-electron chi connectivity index (χ4n) is 6.56. The molecule has 3 aromatic carbocycles. The van der Waals surface area contributed by atoms with Crippen LogP contribution < -0.4 is 31.1 Å². The van der Waals surface area contributed by atoms with E-state index in [4.69, 9.17) is 9.47 Å². The number of para-hydroxylation sites is 2. The molecular formula is C39H48N6O7. The van der Waals surface area contributed by atoms with Crippen molar-refractivity contribution in [3.05, 3.63) is 93.9 Å². The van der Waals surface area contributed by atoms with Gasteiger partial charge in [0.15, 0.2) is 0 Å². The first-order chi connectivity index (χ1) is 25.0. The first-order valence-electron chi connectivity index (χ1n) is 17.7. The maximum atomic E-state index is 14.1. The summed E-state index contributed by atoms with van der Waals surface area (Å²) in [4.78, 5) is 72.0. The standard InChI is InChI=1S/C39H48N6O7/c1-25(2)20-29-23-44(36(47)17-19-45-33-10-6-5-9-31(33)43-39(45)50)24-35(46)40-18-7-8-27-22-28(13-16-34(27)52-4)37(48)42-32(38(49)41-29)21-26-11-14-30(51-3)15-12-26/h5-6,9-16,22,25,29,32H,7-8,17-21,23-24H2,1-4H3,(H,40,46)(H,41,49)(H,42,48)(H,43,50)/t29-,32-/m0/s1. The van der Waals surface area contributed by atoms with Gasteiger partial charge in [-0.3, -0.25) is 23.7 Å². The average molecular weight is 713 g/mol. The number of rotatable bonds is 9. The average Bonchev–Trinajstić information content (AvgIpc) is 3.45. The van der Waals surface area contributed by atoms with Gasteiger partial charge in [-0.15, -0.1) is 0 Å². The van der Waals surface area contributed by atoms with Crippen molar-refractivity contribution in [2.75, 3.05) is 33.9 Å². The molecule has 5 rings (SSSR count). The summed E-state index contributed by atoms with van der Waals surface area (Å²) in [5.41, 5.74) is 2.99. The van der Waals surface area contributed by atoms with E-state index >= 15 is 0 Å². The Labute approximate surface area is 303 Å². The summed E-state index contributed by atoms with van der Waals surface area (Å²) in [6.07, 6.45) is 1.73. The topological polar surface area (TPSA) is 164 Å². The normalized spacial score (nSPS) is 17.6. The Morgan fingerprint density at radius 2 is 1.71 bits per heavy atom. The van der Waals surface area contributed by atoms with Gasteiger partial charge >= 0.3 is 5.69 Å². The molecule has 0 spiro atoms. The quantitative estimate of drug-likeness (QED) is 0.207. The van der Waals surface area contributed by atoms with Gasteiger partial charge in [-0.1, -0.05) is 38.1 Å². The van der Waals surface area contributed by atoms with Gasteiger partial charge in [0, 0.05) is 44.1 Å². The number of amides is 4. The third-order valence-corrected chi connectivity index (χ3v) is 9.17. The van der Waals surface area contributed by atoms with Crippen molar-refractivity contribution in [3.8, 4) is 11.5 Å². The maximum absolute atomic E-state index is 14.1. The van der Waals surface area contributed by atoms with Crippen LogP contribution in [0.15, 0.2) is 71.5 Å². The molecule has 2 heterocycles. The number of fused-ring (bicyclic) bond motifs is 3. The van der Waals surface area contributed by atoms with Crippen LogP contribution in [0.1, 0.15) is 54.6 Å². The van der Waals surface area contributed by atoms with E-state index in [1.807, 2.05) is 38.1 Å². The smallest absolute Gasteiger partial charge is 0.326 e. The van der Waals surface area contributed by atoms with Crippen LogP contribution in [0.4, 0.5) is 0 Å². The molecule has 0 radical (unpaired) electrons. The minimum absolute atomic E-state index is 0.0388. The molecule has 1 aromatic heterocycles. The van der Waals surface area contributed by atoms with E-state index in [1.54, 1.807) is 56.7 Å². The Bertz CT molecular complexity index is 1930. The molecule has 4 aromatic rings. The number of benzene rings is 3. The minimum atomic E-state index is -0.960. The van der Waals surface area contributed by atoms with Crippen LogP contribution in [-0.2, 0) is 33.8 Å². The summed E-state index contributed by atoms with van der Waals surface area (Å²) in [5.74, 6) is -0.117. The summed E-state index contributed by atoms with van der Waals surface area (Å²) in [7, 11) is 3.13. The molecule has 1 aliphatic heterocycles. The van der Waals surface area contributed by atoms with Crippen LogP contribution in [0.2, 0.25) is 0 Å². The van der Waals surface area contributed by atoms with Crippen LogP contribution in [0.5, 0.6) is 11.5 Å². The minimum Gasteiger partial charge on any atom is -0.497 e. The SMILES string of the molecule is COc1ccc(C[C@@H]2NC(=O)c3ccc(OC)c(c3)CCCNC(=O)CN(C(=O)CCn3c(=O)[nH]c4ccccc43)C[C@H](CC(C)C)NC2=O)cc1. The van der Waals surface area contributed by atoms with E-state index in [0.29, 0.717) is 53.9 Å². The lowest BCUT2D eigenvalue weighted by molar-refractivity contribution is -0.137. The van der Waals surface area contributed by atoms with Gasteiger partial charge in [-0.25, -0.2) is 4.79 Å². The Kier molecular flexibility index (Phi) is 12.7. The lowest BCUT2D eigenvalue weighted by Crippen LogP contribution is -2.54. The molecule has 0 aliphatic carbocycles. The number of hydrogen-bond donors (Lipinski definition) is 4. The lowest BCUT2D eigenvalue weighted by atomic mass is 10.00. The van der Waals surface area contributed by atoms with Gasteiger partial charge in [0.1, 0.15) is 17.5 Å². The lowest BCUT2D eigenvalue weighted by Gasteiger charge is -2.30. The van der Waals surface area contributed by atoms with Crippen molar-refractivity contribution in [1.29, 1.82) is 0 Å². The van der Waals surface area contributed by atoms with E-state index in [1.165, 1.54) is 9.47 Å². The zero-order chi connectivity index (χ0) is 37.2. The molecule has 0 unspecified atom stereocenters. The third kappa shape index (κ3) is 9.80. The van der Waals surface area contributed by atoms with Gasteiger partial charge in [-0.2, -0.15) is 0 Å². The second-order valence-corrected chi connectivity index (χ2v) is 13.5. The summed E-state index contributed by atoms with van der Waals surface area (Å²) < 4.78 is 12.3. The highest BCUT2D eigenvalue weighted by molar-refractivity contribution is 5.98. The van der Waals surface area contributed by atoms with Crippen molar-refractivity contribution >= 4 is 34.7 Å². The number of methoxy groups -OCH3 is 2. The second-order valence-electron chi connectivity index (χ2n) is 13.5. The first-order valence-corrected chi connectivity index (χ1v) is 17.7. The number of imidazole rings is 1. The number of H-pyrrole nitrogens is 1. The zero-order valence-electron chi connectivity index (χ0n) is 30.2. The number of aromatic nitrogens is 2. The van der Waals surface area contributed by atoms with Crippen molar-refractivity contribution in [2.24, 2.45) is 5.92 Å². The van der Waals surface area contributed by atoms with Gasteiger partial charge in [-0.05, 0) is 78.8 Å². The number of hydrogen-bond acceptors (Lipinski definition) is 7. The number of aryl methyl sites for hydroxylation is 2. The zero-order valence-corrected chi connectivity index (χ0v) is 30.2. The number of carbonyl (C=O) groups excluding carboxylic acids is 4. The number of ether oxygens (including phenoxy) is 2. The Morgan fingerprint density at radius 1 is 0.942 bits per heavy atom. The van der Waals surface area contributed by atoms with Crippen LogP contribution >= 0.6 is 0 Å². The van der Waals surface area contributed by atoms with Crippen LogP contribution in [0, 0.1) is 5.92 Å². The van der Waals surface area contributed by atoms with E-state index in [-0.39, 0.29) is 55.9 Å². The Balaban J connectivity index is 1.44. The summed E-state index contributed by atoms with van der Waals surface area (Å²) in [6, 6.07) is 18.1. The van der Waals surface area contributed by atoms with E-state index in [2.05, 4.69) is 20.9 Å². The Hall–Kier alpha value is -5.59. The molecule has 0 saturated heterocycles. The van der Waals surface area contributed by atoms with Crippen molar-refractivity contribution in [2.45, 2.75) is 64.6 Å². The first kappa shape index (κ1) is 37.7.